The van der Waals surface area contributed by atoms with E-state index in [0.29, 0.717) is 5.56 Å². The average molecular weight is 282 g/mol. The number of nitrogen functional groups attached to an aromatic ring is 1. The fraction of sp³-hybridized carbons (Fsp3) is 0.273. The number of nitrogens with one attached hydrogen (secondary N) is 2. The van der Waals surface area contributed by atoms with Crippen molar-refractivity contribution in [3.8, 4) is 0 Å². The Labute approximate surface area is 113 Å². The van der Waals surface area contributed by atoms with Gasteiger partial charge in [-0.05, 0) is 29.4 Å². The lowest BCUT2D eigenvalue weighted by atomic mass is 10.3. The van der Waals surface area contributed by atoms with Crippen LogP contribution in [0.2, 0.25) is 0 Å². The number of nitrogens with two attached hydrogens (primary N) is 1. The monoisotopic (exact) mass is 282 g/mol. The van der Waals surface area contributed by atoms with Crippen molar-refractivity contribution in [2.75, 3.05) is 24.6 Å². The summed E-state index contributed by atoms with van der Waals surface area (Å²) in [6.07, 6.45) is 0.919. The summed E-state index contributed by atoms with van der Waals surface area (Å²) in [6, 6.07) is 4.12. The van der Waals surface area contributed by atoms with E-state index < -0.39 is 0 Å². The van der Waals surface area contributed by atoms with Crippen molar-refractivity contribution in [3.05, 3.63) is 28.0 Å². The smallest absolute Gasteiger partial charge is 0.257 e. The van der Waals surface area contributed by atoms with Gasteiger partial charge in [0.05, 0.1) is 0 Å². The third-order valence-electron chi connectivity index (χ3n) is 2.41. The summed E-state index contributed by atoms with van der Waals surface area (Å²) in [7, 11) is 1.58. The fourth-order valence-corrected chi connectivity index (χ4v) is 2.97. The molecule has 0 bridgehead atoms. The Balaban J connectivity index is 1.99. The molecule has 4 N–H and O–H groups in total. The van der Waals surface area contributed by atoms with Crippen LogP contribution < -0.4 is 16.4 Å². The number of aromatic nitrogens is 1. The van der Waals surface area contributed by atoms with E-state index in [1.165, 1.54) is 16.4 Å². The van der Waals surface area contributed by atoms with Crippen molar-refractivity contribution in [2.45, 2.75) is 6.42 Å². The lowest BCUT2D eigenvalue weighted by Gasteiger charge is -2.05. The topological polar surface area (TPSA) is 80.0 Å². The molecule has 0 aliphatic carbocycles. The van der Waals surface area contributed by atoms with Gasteiger partial charge >= 0.3 is 0 Å². The first-order valence-electron chi connectivity index (χ1n) is 5.46. The molecule has 2 aromatic heterocycles. The second-order valence-electron chi connectivity index (χ2n) is 3.61. The van der Waals surface area contributed by atoms with Crippen LogP contribution in [0.1, 0.15) is 15.2 Å². The van der Waals surface area contributed by atoms with Crippen molar-refractivity contribution in [1.82, 2.24) is 9.69 Å². The van der Waals surface area contributed by atoms with Crippen molar-refractivity contribution >= 4 is 39.6 Å². The van der Waals surface area contributed by atoms with Gasteiger partial charge < -0.3 is 16.4 Å². The first-order chi connectivity index (χ1) is 8.72. The van der Waals surface area contributed by atoms with Gasteiger partial charge in [-0.3, -0.25) is 4.79 Å². The maximum atomic E-state index is 11.6. The van der Waals surface area contributed by atoms with E-state index in [1.807, 2.05) is 6.07 Å². The Morgan fingerprint density at radius 2 is 2.39 bits per heavy atom. The highest BCUT2D eigenvalue weighted by atomic mass is 32.1. The van der Waals surface area contributed by atoms with Crippen LogP contribution in [0.15, 0.2) is 17.5 Å². The molecule has 0 fully saturated rings. The highest BCUT2D eigenvalue weighted by molar-refractivity contribution is 7.11. The van der Waals surface area contributed by atoms with E-state index in [-0.39, 0.29) is 11.7 Å². The van der Waals surface area contributed by atoms with Gasteiger partial charge in [-0.15, -0.1) is 11.3 Å². The molecule has 0 spiro atoms. The summed E-state index contributed by atoms with van der Waals surface area (Å²) in [5.74, 6) is 0.0675. The molecule has 5 nitrogen and oxygen atoms in total. The third kappa shape index (κ3) is 2.80. The number of carbonyl (C=O) groups is 1. The molecule has 0 aliphatic rings. The molecule has 0 aliphatic heterocycles. The summed E-state index contributed by atoms with van der Waals surface area (Å²) in [5, 5.41) is 8.55. The molecular weight excluding hydrogens is 268 g/mol. The average Bonchev–Trinajstić information content (AvgIpc) is 2.99. The van der Waals surface area contributed by atoms with E-state index in [4.69, 9.17) is 5.73 Å². The number of anilines is 2. The molecule has 96 valence electrons. The first kappa shape index (κ1) is 12.8. The van der Waals surface area contributed by atoms with E-state index in [9.17, 15) is 4.79 Å². The number of nitrogens with zero attached hydrogens (tertiary/aromatic N) is 1. The van der Waals surface area contributed by atoms with Gasteiger partial charge in [0.2, 0.25) is 0 Å². The maximum Gasteiger partial charge on any atom is 0.257 e. The zero-order valence-electron chi connectivity index (χ0n) is 9.90. The predicted molar refractivity (Wildman–Crippen MR) is 76.4 cm³/mol. The molecule has 2 heterocycles. The molecule has 0 saturated heterocycles. The largest absolute Gasteiger partial charge is 0.382 e. The highest BCUT2D eigenvalue weighted by Gasteiger charge is 2.17. The zero-order chi connectivity index (χ0) is 13.0. The quantitative estimate of drug-likeness (QED) is 0.781. The minimum Gasteiger partial charge on any atom is -0.382 e. The standard InChI is InChI=1S/C11H14N4OS2/c1-13-10(16)8-9(12)15-18-11(8)14-5-4-7-3-2-6-17-7/h2-3,6,14H,4-5H2,1H3,(H2,12,15)(H,13,16). The lowest BCUT2D eigenvalue weighted by Crippen LogP contribution is -2.20. The van der Waals surface area contributed by atoms with Gasteiger partial charge in [0, 0.05) is 18.5 Å². The number of thiophene rings is 1. The second-order valence-corrected chi connectivity index (χ2v) is 5.41. The van der Waals surface area contributed by atoms with Crippen molar-refractivity contribution < 1.29 is 4.79 Å². The lowest BCUT2D eigenvalue weighted by molar-refractivity contribution is 0.0965. The van der Waals surface area contributed by atoms with Crippen LogP contribution in [0, 0.1) is 0 Å². The fourth-order valence-electron chi connectivity index (χ4n) is 1.52. The van der Waals surface area contributed by atoms with Crippen LogP contribution in [-0.2, 0) is 6.42 Å². The SMILES string of the molecule is CNC(=O)c1c(N)nsc1NCCc1cccs1. The minimum absolute atomic E-state index is 0.208. The van der Waals surface area contributed by atoms with Crippen LogP contribution >= 0.6 is 22.9 Å². The van der Waals surface area contributed by atoms with Gasteiger partial charge in [-0.1, -0.05) is 6.07 Å². The van der Waals surface area contributed by atoms with Gasteiger partial charge in [-0.2, -0.15) is 4.37 Å². The van der Waals surface area contributed by atoms with Crippen LogP contribution in [-0.4, -0.2) is 23.9 Å². The van der Waals surface area contributed by atoms with Gasteiger partial charge in [-0.25, -0.2) is 0 Å². The summed E-state index contributed by atoms with van der Waals surface area (Å²) in [6.45, 7) is 0.756. The molecule has 0 aromatic carbocycles. The molecule has 2 aromatic rings. The van der Waals surface area contributed by atoms with Crippen molar-refractivity contribution in [3.63, 3.8) is 0 Å². The molecule has 0 radical (unpaired) electrons. The normalized spacial score (nSPS) is 10.3. The van der Waals surface area contributed by atoms with Crippen LogP contribution in [0.25, 0.3) is 0 Å². The number of rotatable bonds is 5. The molecule has 0 unspecified atom stereocenters. The molecular formula is C11H14N4OS2. The van der Waals surface area contributed by atoms with Crippen LogP contribution in [0.3, 0.4) is 0 Å². The predicted octanol–water partition coefficient (Wildman–Crippen LogP) is 1.80. The molecule has 18 heavy (non-hydrogen) atoms. The molecule has 2 rings (SSSR count). The van der Waals surface area contributed by atoms with Crippen molar-refractivity contribution in [1.29, 1.82) is 0 Å². The number of amides is 1. The van der Waals surface area contributed by atoms with Crippen molar-refractivity contribution in [2.24, 2.45) is 0 Å². The number of hydrogen-bond acceptors (Lipinski definition) is 6. The minimum atomic E-state index is -0.208. The Morgan fingerprint density at radius 1 is 1.56 bits per heavy atom. The molecule has 7 heteroatoms. The van der Waals surface area contributed by atoms with E-state index in [2.05, 4.69) is 26.5 Å². The Kier molecular flexibility index (Phi) is 4.16. The summed E-state index contributed by atoms with van der Waals surface area (Å²) in [5.41, 5.74) is 6.12. The number of carbonyl (C=O) groups excluding carboxylic acids is 1. The van der Waals surface area contributed by atoms with E-state index in [0.717, 1.165) is 18.0 Å². The van der Waals surface area contributed by atoms with E-state index in [1.54, 1.807) is 18.4 Å². The Hall–Kier alpha value is -1.60. The Bertz CT molecular complexity index is 521. The molecule has 1 amide bonds. The second kappa shape index (κ2) is 5.83. The van der Waals surface area contributed by atoms with Gasteiger partial charge in [0.1, 0.15) is 10.6 Å². The number of hydrogen-bond donors (Lipinski definition) is 3. The Morgan fingerprint density at radius 3 is 3.06 bits per heavy atom. The third-order valence-corrected chi connectivity index (χ3v) is 4.16. The first-order valence-corrected chi connectivity index (χ1v) is 7.11. The summed E-state index contributed by atoms with van der Waals surface area (Å²) < 4.78 is 4.00. The van der Waals surface area contributed by atoms with Crippen LogP contribution in [0.4, 0.5) is 10.8 Å². The van der Waals surface area contributed by atoms with Gasteiger partial charge in [0.15, 0.2) is 5.82 Å². The highest BCUT2D eigenvalue weighted by Crippen LogP contribution is 2.26. The summed E-state index contributed by atoms with van der Waals surface area (Å²) >= 11 is 2.94. The summed E-state index contributed by atoms with van der Waals surface area (Å²) in [4.78, 5) is 13.0. The van der Waals surface area contributed by atoms with E-state index >= 15 is 0 Å². The van der Waals surface area contributed by atoms with Crippen LogP contribution in [0.5, 0.6) is 0 Å². The molecule has 0 saturated carbocycles. The maximum absolute atomic E-state index is 11.6. The van der Waals surface area contributed by atoms with Gasteiger partial charge in [0.25, 0.3) is 5.91 Å². The zero-order valence-corrected chi connectivity index (χ0v) is 11.5. The molecule has 0 atom stereocenters.